The summed E-state index contributed by atoms with van der Waals surface area (Å²) in [5.74, 6) is -0.450. The fourth-order valence-electron chi connectivity index (χ4n) is 1.80. The Labute approximate surface area is 126 Å². The van der Waals surface area contributed by atoms with E-state index >= 15 is 0 Å². The van der Waals surface area contributed by atoms with Crippen LogP contribution in [0.5, 0.6) is 0 Å². The molecule has 7 nitrogen and oxygen atoms in total. The molecule has 0 radical (unpaired) electrons. The van der Waals surface area contributed by atoms with E-state index in [4.69, 9.17) is 11.6 Å². The highest BCUT2D eigenvalue weighted by Crippen LogP contribution is 2.34. The van der Waals surface area contributed by atoms with Gasteiger partial charge in [-0.05, 0) is 18.2 Å². The molecule has 0 aliphatic carbocycles. The number of imidazole rings is 1. The SMILES string of the molecule is O=C(Nc1ccc2nc[nH]c2c1)c1cc([N+](=O)[O-])c(Cl)s1. The molecule has 2 heterocycles. The summed E-state index contributed by atoms with van der Waals surface area (Å²) in [5, 5.41) is 13.4. The number of fused-ring (bicyclic) bond motifs is 1. The lowest BCUT2D eigenvalue weighted by Crippen LogP contribution is -2.09. The van der Waals surface area contributed by atoms with Crippen LogP contribution in [0.1, 0.15) is 9.67 Å². The number of hydrogen-bond acceptors (Lipinski definition) is 5. The quantitative estimate of drug-likeness (QED) is 0.569. The number of hydrogen-bond donors (Lipinski definition) is 2. The maximum absolute atomic E-state index is 12.1. The van der Waals surface area contributed by atoms with Crippen molar-refractivity contribution in [3.8, 4) is 0 Å². The molecule has 3 aromatic rings. The number of carbonyl (C=O) groups excluding carboxylic acids is 1. The second kappa shape index (κ2) is 5.15. The van der Waals surface area contributed by atoms with E-state index in [-0.39, 0.29) is 14.9 Å². The first-order chi connectivity index (χ1) is 10.0. The second-order valence-electron chi connectivity index (χ2n) is 4.12. The van der Waals surface area contributed by atoms with E-state index in [1.165, 1.54) is 0 Å². The normalized spacial score (nSPS) is 10.7. The summed E-state index contributed by atoms with van der Waals surface area (Å²) >= 11 is 6.60. The predicted octanol–water partition coefficient (Wildman–Crippen LogP) is 3.44. The maximum atomic E-state index is 12.1. The van der Waals surface area contributed by atoms with Gasteiger partial charge in [-0.1, -0.05) is 11.6 Å². The number of benzene rings is 1. The third-order valence-electron chi connectivity index (χ3n) is 2.77. The Kier molecular flexibility index (Phi) is 3.32. The van der Waals surface area contributed by atoms with Crippen molar-refractivity contribution < 1.29 is 9.72 Å². The minimum Gasteiger partial charge on any atom is -0.345 e. The number of H-pyrrole nitrogens is 1. The van der Waals surface area contributed by atoms with Gasteiger partial charge in [0.2, 0.25) is 0 Å². The number of thiophene rings is 1. The van der Waals surface area contributed by atoms with Gasteiger partial charge in [-0.2, -0.15) is 0 Å². The van der Waals surface area contributed by atoms with E-state index in [1.54, 1.807) is 24.5 Å². The van der Waals surface area contributed by atoms with Crippen molar-refractivity contribution in [3.05, 3.63) is 49.9 Å². The number of nitro groups is 1. The highest BCUT2D eigenvalue weighted by Gasteiger charge is 2.21. The molecule has 1 amide bonds. The summed E-state index contributed by atoms with van der Waals surface area (Å²) in [6, 6.07) is 6.34. The Bertz CT molecular complexity index is 857. The molecule has 0 fully saturated rings. The summed E-state index contributed by atoms with van der Waals surface area (Å²) in [5.41, 5.74) is 1.85. The van der Waals surface area contributed by atoms with Crippen molar-refractivity contribution in [1.29, 1.82) is 0 Å². The summed E-state index contributed by atoms with van der Waals surface area (Å²) in [6.45, 7) is 0. The van der Waals surface area contributed by atoms with Gasteiger partial charge in [-0.15, -0.1) is 11.3 Å². The zero-order valence-corrected chi connectivity index (χ0v) is 11.9. The Morgan fingerprint density at radius 3 is 2.95 bits per heavy atom. The zero-order valence-electron chi connectivity index (χ0n) is 10.3. The van der Waals surface area contributed by atoms with E-state index in [1.807, 2.05) is 0 Å². The number of nitrogens with zero attached hydrogens (tertiary/aromatic N) is 2. The molecule has 106 valence electrons. The number of nitrogens with one attached hydrogen (secondary N) is 2. The minimum atomic E-state index is -0.619. The molecule has 0 aliphatic rings. The van der Waals surface area contributed by atoms with E-state index in [2.05, 4.69) is 15.3 Å². The van der Waals surface area contributed by atoms with Crippen LogP contribution in [0.15, 0.2) is 30.6 Å². The van der Waals surface area contributed by atoms with Crippen LogP contribution in [-0.2, 0) is 0 Å². The van der Waals surface area contributed by atoms with Crippen LogP contribution in [0.2, 0.25) is 4.34 Å². The van der Waals surface area contributed by atoms with Crippen molar-refractivity contribution in [1.82, 2.24) is 9.97 Å². The highest BCUT2D eigenvalue weighted by atomic mass is 35.5. The van der Waals surface area contributed by atoms with Gasteiger partial charge in [-0.3, -0.25) is 14.9 Å². The van der Waals surface area contributed by atoms with Crippen molar-refractivity contribution in [2.24, 2.45) is 0 Å². The van der Waals surface area contributed by atoms with Gasteiger partial charge in [0.1, 0.15) is 4.88 Å². The van der Waals surface area contributed by atoms with Crippen molar-refractivity contribution in [2.45, 2.75) is 0 Å². The average molecular weight is 323 g/mol. The smallest absolute Gasteiger partial charge is 0.299 e. The molecule has 0 atom stereocenters. The van der Waals surface area contributed by atoms with Crippen LogP contribution in [-0.4, -0.2) is 20.8 Å². The topological polar surface area (TPSA) is 101 Å². The largest absolute Gasteiger partial charge is 0.345 e. The summed E-state index contributed by atoms with van der Waals surface area (Å²) in [6.07, 6.45) is 1.55. The fourth-order valence-corrected chi connectivity index (χ4v) is 2.92. The Balaban J connectivity index is 1.85. The number of amides is 1. The van der Waals surface area contributed by atoms with Crippen LogP contribution in [0.25, 0.3) is 11.0 Å². The summed E-state index contributed by atoms with van der Waals surface area (Å²) < 4.78 is -0.0193. The maximum Gasteiger partial charge on any atom is 0.299 e. The highest BCUT2D eigenvalue weighted by molar-refractivity contribution is 7.18. The molecule has 0 saturated carbocycles. The first-order valence-electron chi connectivity index (χ1n) is 5.73. The molecule has 0 aliphatic heterocycles. The fraction of sp³-hybridized carbons (Fsp3) is 0. The van der Waals surface area contributed by atoms with Gasteiger partial charge < -0.3 is 10.3 Å². The number of carbonyl (C=O) groups is 1. The zero-order chi connectivity index (χ0) is 15.0. The molecule has 3 rings (SSSR count). The molecule has 0 bridgehead atoms. The summed E-state index contributed by atoms with van der Waals surface area (Å²) in [7, 11) is 0. The van der Waals surface area contributed by atoms with Crippen molar-refractivity contribution in [3.63, 3.8) is 0 Å². The van der Waals surface area contributed by atoms with E-state index in [0.717, 1.165) is 28.4 Å². The molecule has 2 N–H and O–H groups in total. The van der Waals surface area contributed by atoms with Crippen LogP contribution in [0.4, 0.5) is 11.4 Å². The van der Waals surface area contributed by atoms with Gasteiger partial charge in [0.25, 0.3) is 11.6 Å². The molecule has 0 unspecified atom stereocenters. The summed E-state index contributed by atoms with van der Waals surface area (Å²) in [4.78, 5) is 29.3. The molecular weight excluding hydrogens is 316 g/mol. The molecular formula is C12H7ClN4O3S. The minimum absolute atomic E-state index is 0.0193. The lowest BCUT2D eigenvalue weighted by atomic mass is 10.2. The van der Waals surface area contributed by atoms with Gasteiger partial charge in [-0.25, -0.2) is 4.98 Å². The number of rotatable bonds is 3. The van der Waals surface area contributed by atoms with Gasteiger partial charge >= 0.3 is 0 Å². The molecule has 21 heavy (non-hydrogen) atoms. The van der Waals surface area contributed by atoms with Crippen LogP contribution < -0.4 is 5.32 Å². The number of anilines is 1. The average Bonchev–Trinajstić information content (AvgIpc) is 3.04. The third-order valence-corrected chi connectivity index (χ3v) is 4.10. The number of aromatic nitrogens is 2. The first-order valence-corrected chi connectivity index (χ1v) is 6.92. The van der Waals surface area contributed by atoms with E-state index in [9.17, 15) is 14.9 Å². The van der Waals surface area contributed by atoms with Crippen LogP contribution in [0, 0.1) is 10.1 Å². The van der Waals surface area contributed by atoms with Gasteiger partial charge in [0.15, 0.2) is 4.34 Å². The Hall–Kier alpha value is -2.45. The van der Waals surface area contributed by atoms with Gasteiger partial charge in [0, 0.05) is 11.8 Å². The van der Waals surface area contributed by atoms with E-state index in [0.29, 0.717) is 5.69 Å². The van der Waals surface area contributed by atoms with Crippen LogP contribution in [0.3, 0.4) is 0 Å². The first kappa shape index (κ1) is 13.5. The molecule has 0 saturated heterocycles. The monoisotopic (exact) mass is 322 g/mol. The predicted molar refractivity (Wildman–Crippen MR) is 80.0 cm³/mol. The van der Waals surface area contributed by atoms with Gasteiger partial charge in [0.05, 0.1) is 22.3 Å². The Morgan fingerprint density at radius 1 is 1.43 bits per heavy atom. The lowest BCUT2D eigenvalue weighted by Gasteiger charge is -2.02. The Morgan fingerprint density at radius 2 is 2.24 bits per heavy atom. The number of aromatic amines is 1. The lowest BCUT2D eigenvalue weighted by molar-refractivity contribution is -0.384. The standard InChI is InChI=1S/C12H7ClN4O3S/c13-11-9(17(19)20)4-10(21-11)12(18)16-6-1-2-7-8(3-6)15-5-14-7/h1-5H,(H,14,15)(H,16,18). The molecule has 1 aromatic carbocycles. The third kappa shape index (κ3) is 2.58. The van der Waals surface area contributed by atoms with Crippen LogP contribution >= 0.6 is 22.9 Å². The van der Waals surface area contributed by atoms with E-state index < -0.39 is 10.8 Å². The molecule has 2 aromatic heterocycles. The molecule has 0 spiro atoms. The van der Waals surface area contributed by atoms with Crippen molar-refractivity contribution >= 4 is 51.3 Å². The number of halogens is 1. The molecule has 9 heteroatoms. The van der Waals surface area contributed by atoms with Crippen molar-refractivity contribution in [2.75, 3.05) is 5.32 Å². The second-order valence-corrected chi connectivity index (χ2v) is 5.77.